The molecule has 0 bridgehead atoms. The molecule has 0 fully saturated rings. The lowest BCUT2D eigenvalue weighted by Crippen LogP contribution is -2.11. The largest absolute Gasteiger partial charge is 0.366 e. The van der Waals surface area contributed by atoms with Crippen molar-refractivity contribution in [3.8, 4) is 0 Å². The molecule has 0 saturated carbocycles. The van der Waals surface area contributed by atoms with Crippen LogP contribution in [0.1, 0.15) is 26.3 Å². The van der Waals surface area contributed by atoms with Crippen LogP contribution in [0.5, 0.6) is 0 Å². The summed E-state index contributed by atoms with van der Waals surface area (Å²) < 4.78 is 13.0. The predicted octanol–water partition coefficient (Wildman–Crippen LogP) is 2.16. The number of nitrogens with two attached hydrogens (primary N) is 1. The zero-order valence-corrected chi connectivity index (χ0v) is 9.39. The van der Waals surface area contributed by atoms with Gasteiger partial charge in [0.25, 0.3) is 0 Å². The van der Waals surface area contributed by atoms with Gasteiger partial charge in [0, 0.05) is 16.7 Å². The van der Waals surface area contributed by atoms with E-state index in [0.29, 0.717) is 11.1 Å². The van der Waals surface area contributed by atoms with Crippen molar-refractivity contribution in [2.45, 2.75) is 0 Å². The SMILES string of the molecule is NC(=O)c1ccc(C(=O)c2cccc(F)c2)cc1. The summed E-state index contributed by atoms with van der Waals surface area (Å²) in [6.07, 6.45) is 0. The summed E-state index contributed by atoms with van der Waals surface area (Å²) in [5.74, 6) is -1.32. The van der Waals surface area contributed by atoms with Gasteiger partial charge in [-0.05, 0) is 24.3 Å². The van der Waals surface area contributed by atoms with E-state index in [1.165, 1.54) is 48.5 Å². The normalized spacial score (nSPS) is 10.1. The molecular formula is C14H10FNO2. The van der Waals surface area contributed by atoms with Gasteiger partial charge in [0.1, 0.15) is 5.82 Å². The van der Waals surface area contributed by atoms with Crippen LogP contribution in [0, 0.1) is 5.82 Å². The molecule has 3 nitrogen and oxygen atoms in total. The molecule has 0 saturated heterocycles. The Morgan fingerprint density at radius 3 is 2.06 bits per heavy atom. The predicted molar refractivity (Wildman–Crippen MR) is 64.8 cm³/mol. The maximum atomic E-state index is 13.0. The minimum Gasteiger partial charge on any atom is -0.366 e. The Morgan fingerprint density at radius 1 is 0.889 bits per heavy atom. The number of carbonyl (C=O) groups excluding carboxylic acids is 2. The topological polar surface area (TPSA) is 60.2 Å². The number of carbonyl (C=O) groups is 2. The molecule has 90 valence electrons. The molecule has 0 radical (unpaired) electrons. The number of amides is 1. The quantitative estimate of drug-likeness (QED) is 0.840. The second kappa shape index (κ2) is 4.79. The molecule has 2 aromatic rings. The smallest absolute Gasteiger partial charge is 0.248 e. The summed E-state index contributed by atoms with van der Waals surface area (Å²) in [5.41, 5.74) is 6.07. The molecule has 2 N–H and O–H groups in total. The number of rotatable bonds is 3. The first-order chi connectivity index (χ1) is 8.58. The molecule has 0 unspecified atom stereocenters. The minimum atomic E-state index is -0.556. The summed E-state index contributed by atoms with van der Waals surface area (Å²) in [4.78, 5) is 22.9. The zero-order valence-electron chi connectivity index (χ0n) is 9.39. The molecule has 0 heterocycles. The summed E-state index contributed by atoms with van der Waals surface area (Å²) in [5, 5.41) is 0. The fourth-order valence-electron chi connectivity index (χ4n) is 1.58. The number of ketones is 1. The number of hydrogen-bond donors (Lipinski definition) is 1. The van der Waals surface area contributed by atoms with Crippen molar-refractivity contribution in [2.24, 2.45) is 5.73 Å². The van der Waals surface area contributed by atoms with E-state index in [1.807, 2.05) is 0 Å². The van der Waals surface area contributed by atoms with E-state index in [4.69, 9.17) is 5.73 Å². The van der Waals surface area contributed by atoms with Crippen LogP contribution in [0.3, 0.4) is 0 Å². The number of primary amides is 1. The second-order valence-electron chi connectivity index (χ2n) is 3.78. The summed E-state index contributed by atoms with van der Waals surface area (Å²) in [7, 11) is 0. The van der Waals surface area contributed by atoms with Crippen LogP contribution < -0.4 is 5.73 Å². The molecule has 0 aliphatic rings. The fraction of sp³-hybridized carbons (Fsp3) is 0. The third kappa shape index (κ3) is 2.43. The Balaban J connectivity index is 2.32. The van der Waals surface area contributed by atoms with E-state index in [1.54, 1.807) is 0 Å². The summed E-state index contributed by atoms with van der Waals surface area (Å²) in [6.45, 7) is 0. The average Bonchev–Trinajstić information content (AvgIpc) is 2.38. The first-order valence-electron chi connectivity index (χ1n) is 5.28. The van der Waals surface area contributed by atoms with Crippen molar-refractivity contribution in [1.82, 2.24) is 0 Å². The summed E-state index contributed by atoms with van der Waals surface area (Å²) in [6, 6.07) is 11.4. The minimum absolute atomic E-state index is 0.266. The standard InChI is InChI=1S/C14H10FNO2/c15-12-3-1-2-11(8-12)13(17)9-4-6-10(7-5-9)14(16)18/h1-8H,(H2,16,18). The van der Waals surface area contributed by atoms with Crippen molar-refractivity contribution >= 4 is 11.7 Å². The molecule has 0 aliphatic carbocycles. The molecule has 18 heavy (non-hydrogen) atoms. The Morgan fingerprint density at radius 2 is 1.50 bits per heavy atom. The van der Waals surface area contributed by atoms with E-state index in [9.17, 15) is 14.0 Å². The Kier molecular flexibility index (Phi) is 3.19. The number of hydrogen-bond acceptors (Lipinski definition) is 2. The van der Waals surface area contributed by atoms with Gasteiger partial charge in [-0.3, -0.25) is 9.59 Å². The Labute approximate surface area is 103 Å². The average molecular weight is 243 g/mol. The van der Waals surface area contributed by atoms with Crippen molar-refractivity contribution in [3.63, 3.8) is 0 Å². The van der Waals surface area contributed by atoms with Gasteiger partial charge >= 0.3 is 0 Å². The molecule has 1 amide bonds. The highest BCUT2D eigenvalue weighted by atomic mass is 19.1. The van der Waals surface area contributed by atoms with E-state index in [0.717, 1.165) is 0 Å². The maximum absolute atomic E-state index is 13.0. The highest BCUT2D eigenvalue weighted by Gasteiger charge is 2.10. The lowest BCUT2D eigenvalue weighted by atomic mass is 10.0. The lowest BCUT2D eigenvalue weighted by molar-refractivity contribution is 0.0996. The number of benzene rings is 2. The highest BCUT2D eigenvalue weighted by Crippen LogP contribution is 2.12. The van der Waals surface area contributed by atoms with Gasteiger partial charge in [-0.25, -0.2) is 4.39 Å². The van der Waals surface area contributed by atoms with Crippen LogP contribution >= 0.6 is 0 Å². The third-order valence-corrected chi connectivity index (χ3v) is 2.52. The summed E-state index contributed by atoms with van der Waals surface area (Å²) >= 11 is 0. The molecule has 0 atom stereocenters. The zero-order chi connectivity index (χ0) is 13.1. The molecule has 2 rings (SSSR count). The van der Waals surface area contributed by atoms with Crippen LogP contribution in [0.25, 0.3) is 0 Å². The lowest BCUT2D eigenvalue weighted by Gasteiger charge is -2.02. The van der Waals surface area contributed by atoms with Gasteiger partial charge in [-0.15, -0.1) is 0 Å². The first-order valence-corrected chi connectivity index (χ1v) is 5.28. The second-order valence-corrected chi connectivity index (χ2v) is 3.78. The Bertz CT molecular complexity index is 605. The fourth-order valence-corrected chi connectivity index (χ4v) is 1.58. The van der Waals surface area contributed by atoms with E-state index >= 15 is 0 Å². The van der Waals surface area contributed by atoms with Crippen molar-refractivity contribution in [3.05, 3.63) is 71.0 Å². The maximum Gasteiger partial charge on any atom is 0.248 e. The van der Waals surface area contributed by atoms with E-state index in [-0.39, 0.29) is 11.3 Å². The van der Waals surface area contributed by atoms with Crippen molar-refractivity contribution < 1.29 is 14.0 Å². The number of halogens is 1. The molecule has 0 aromatic heterocycles. The molecular weight excluding hydrogens is 233 g/mol. The van der Waals surface area contributed by atoms with Gasteiger partial charge in [0.2, 0.25) is 5.91 Å². The monoisotopic (exact) mass is 243 g/mol. The van der Waals surface area contributed by atoms with Gasteiger partial charge in [-0.1, -0.05) is 24.3 Å². The van der Waals surface area contributed by atoms with Gasteiger partial charge in [-0.2, -0.15) is 0 Å². The molecule has 2 aromatic carbocycles. The highest BCUT2D eigenvalue weighted by molar-refractivity contribution is 6.09. The van der Waals surface area contributed by atoms with Crippen LogP contribution in [-0.2, 0) is 0 Å². The van der Waals surface area contributed by atoms with Gasteiger partial charge < -0.3 is 5.73 Å². The van der Waals surface area contributed by atoms with Gasteiger partial charge in [0.15, 0.2) is 5.78 Å². The van der Waals surface area contributed by atoms with Crippen LogP contribution in [0.4, 0.5) is 4.39 Å². The van der Waals surface area contributed by atoms with Gasteiger partial charge in [0.05, 0.1) is 0 Å². The Hall–Kier alpha value is -2.49. The van der Waals surface area contributed by atoms with E-state index in [2.05, 4.69) is 0 Å². The molecule has 0 aliphatic heterocycles. The molecule has 0 spiro atoms. The van der Waals surface area contributed by atoms with Crippen LogP contribution in [0.15, 0.2) is 48.5 Å². The van der Waals surface area contributed by atoms with Crippen LogP contribution in [0.2, 0.25) is 0 Å². The van der Waals surface area contributed by atoms with Crippen molar-refractivity contribution in [1.29, 1.82) is 0 Å². The van der Waals surface area contributed by atoms with E-state index < -0.39 is 11.7 Å². The van der Waals surface area contributed by atoms with Crippen molar-refractivity contribution in [2.75, 3.05) is 0 Å². The first kappa shape index (κ1) is 12.0. The third-order valence-electron chi connectivity index (χ3n) is 2.52. The molecule has 4 heteroatoms. The van der Waals surface area contributed by atoms with Crippen LogP contribution in [-0.4, -0.2) is 11.7 Å².